The summed E-state index contributed by atoms with van der Waals surface area (Å²) in [6.45, 7) is 3.64. The Kier molecular flexibility index (Phi) is 2.98. The molecule has 2 aromatic heterocycles. The highest BCUT2D eigenvalue weighted by molar-refractivity contribution is 5.47. The van der Waals surface area contributed by atoms with Crippen molar-refractivity contribution < 1.29 is 0 Å². The van der Waals surface area contributed by atoms with Crippen LogP contribution in [0.25, 0.3) is 0 Å². The van der Waals surface area contributed by atoms with Crippen molar-refractivity contribution in [3.8, 4) is 0 Å². The van der Waals surface area contributed by atoms with Crippen molar-refractivity contribution in [3.63, 3.8) is 0 Å². The molecule has 5 nitrogen and oxygen atoms in total. The van der Waals surface area contributed by atoms with Crippen LogP contribution < -0.4 is 10.2 Å². The average Bonchev–Trinajstić information content (AvgIpc) is 2.87. The van der Waals surface area contributed by atoms with Gasteiger partial charge in [-0.15, -0.1) is 0 Å². The molecule has 0 aromatic carbocycles. The molecule has 0 spiro atoms. The van der Waals surface area contributed by atoms with E-state index in [4.69, 9.17) is 0 Å². The van der Waals surface area contributed by atoms with Crippen molar-refractivity contribution in [2.24, 2.45) is 0 Å². The van der Waals surface area contributed by atoms with E-state index < -0.39 is 0 Å². The van der Waals surface area contributed by atoms with Crippen molar-refractivity contribution in [2.75, 3.05) is 18.5 Å². The van der Waals surface area contributed by atoms with E-state index in [1.54, 1.807) is 0 Å². The van der Waals surface area contributed by atoms with Crippen molar-refractivity contribution >= 4 is 5.82 Å². The van der Waals surface area contributed by atoms with Crippen LogP contribution in [0, 0.1) is 0 Å². The Hall–Kier alpha value is -1.88. The average molecular weight is 243 g/mol. The van der Waals surface area contributed by atoms with Gasteiger partial charge in [0.05, 0.1) is 6.54 Å². The number of hydrogen-bond donors (Lipinski definition) is 1. The molecule has 94 valence electrons. The summed E-state index contributed by atoms with van der Waals surface area (Å²) in [6.07, 6.45) is 5.76. The lowest BCUT2D eigenvalue weighted by atomic mass is 10.2. The number of fused-ring (bicyclic) bond motifs is 1. The SMILES string of the molecule is CNCc1cccnc1N1CCn2ccnc2C1. The first-order valence-electron chi connectivity index (χ1n) is 6.22. The molecule has 0 atom stereocenters. The van der Waals surface area contributed by atoms with Gasteiger partial charge in [0.25, 0.3) is 0 Å². The van der Waals surface area contributed by atoms with Gasteiger partial charge in [-0.3, -0.25) is 0 Å². The van der Waals surface area contributed by atoms with Gasteiger partial charge in [-0.1, -0.05) is 6.07 Å². The smallest absolute Gasteiger partial charge is 0.133 e. The van der Waals surface area contributed by atoms with Gasteiger partial charge in [-0.25, -0.2) is 9.97 Å². The summed E-state index contributed by atoms with van der Waals surface area (Å²) < 4.78 is 2.21. The molecule has 0 radical (unpaired) electrons. The zero-order valence-electron chi connectivity index (χ0n) is 10.5. The molecule has 0 saturated heterocycles. The molecule has 1 aliphatic rings. The normalized spacial score (nSPS) is 14.6. The van der Waals surface area contributed by atoms with Gasteiger partial charge in [-0.2, -0.15) is 0 Å². The third-order valence-electron chi connectivity index (χ3n) is 3.28. The van der Waals surface area contributed by atoms with E-state index in [-0.39, 0.29) is 0 Å². The van der Waals surface area contributed by atoms with Gasteiger partial charge >= 0.3 is 0 Å². The number of pyridine rings is 1. The molecule has 3 heterocycles. The highest BCUT2D eigenvalue weighted by atomic mass is 15.3. The molecule has 18 heavy (non-hydrogen) atoms. The zero-order valence-corrected chi connectivity index (χ0v) is 10.5. The molecule has 1 N–H and O–H groups in total. The van der Waals surface area contributed by atoms with Crippen LogP contribution in [0.5, 0.6) is 0 Å². The summed E-state index contributed by atoms with van der Waals surface area (Å²) in [5, 5.41) is 3.19. The highest BCUT2D eigenvalue weighted by Crippen LogP contribution is 2.21. The highest BCUT2D eigenvalue weighted by Gasteiger charge is 2.19. The predicted octanol–water partition coefficient (Wildman–Crippen LogP) is 1.02. The van der Waals surface area contributed by atoms with E-state index >= 15 is 0 Å². The maximum absolute atomic E-state index is 4.53. The fourth-order valence-electron chi connectivity index (χ4n) is 2.40. The molecule has 0 fully saturated rings. The monoisotopic (exact) mass is 243 g/mol. The van der Waals surface area contributed by atoms with Crippen molar-refractivity contribution in [1.29, 1.82) is 0 Å². The molecule has 0 aliphatic carbocycles. The molecule has 0 unspecified atom stereocenters. The molecule has 3 rings (SSSR count). The molecule has 0 bridgehead atoms. The Bertz CT molecular complexity index is 534. The van der Waals surface area contributed by atoms with Gasteiger partial charge in [0, 0.05) is 43.8 Å². The number of rotatable bonds is 3. The minimum Gasteiger partial charge on any atom is -0.347 e. The largest absolute Gasteiger partial charge is 0.347 e. The first-order valence-corrected chi connectivity index (χ1v) is 6.22. The van der Waals surface area contributed by atoms with E-state index in [9.17, 15) is 0 Å². The number of imidazole rings is 1. The fraction of sp³-hybridized carbons (Fsp3) is 0.385. The van der Waals surface area contributed by atoms with Crippen LogP contribution in [0.15, 0.2) is 30.7 Å². The summed E-state index contributed by atoms with van der Waals surface area (Å²) in [5.41, 5.74) is 1.24. The maximum Gasteiger partial charge on any atom is 0.133 e. The first kappa shape index (κ1) is 11.2. The third kappa shape index (κ3) is 1.97. The van der Waals surface area contributed by atoms with Crippen LogP contribution in [0.1, 0.15) is 11.4 Å². The minimum atomic E-state index is 0.834. The fourth-order valence-corrected chi connectivity index (χ4v) is 2.40. The molecule has 1 aliphatic heterocycles. The van der Waals surface area contributed by atoms with Gasteiger partial charge in [0.1, 0.15) is 11.6 Å². The number of nitrogens with one attached hydrogen (secondary N) is 1. The lowest BCUT2D eigenvalue weighted by molar-refractivity contribution is 0.554. The third-order valence-corrected chi connectivity index (χ3v) is 3.28. The number of anilines is 1. The lowest BCUT2D eigenvalue weighted by Crippen LogP contribution is -2.35. The van der Waals surface area contributed by atoms with Crippen LogP contribution in [0.3, 0.4) is 0 Å². The summed E-state index contributed by atoms with van der Waals surface area (Å²) >= 11 is 0. The molecular weight excluding hydrogens is 226 g/mol. The molecule has 5 heteroatoms. The summed E-state index contributed by atoms with van der Waals surface area (Å²) in [4.78, 5) is 11.2. The zero-order chi connectivity index (χ0) is 12.4. The predicted molar refractivity (Wildman–Crippen MR) is 70.3 cm³/mol. The van der Waals surface area contributed by atoms with E-state index in [1.807, 2.05) is 31.7 Å². The molecule has 0 amide bonds. The second-order valence-corrected chi connectivity index (χ2v) is 4.47. The maximum atomic E-state index is 4.53. The summed E-state index contributed by atoms with van der Waals surface area (Å²) in [6, 6.07) is 4.11. The van der Waals surface area contributed by atoms with Crippen LogP contribution in [0.2, 0.25) is 0 Å². The van der Waals surface area contributed by atoms with Gasteiger partial charge < -0.3 is 14.8 Å². The second-order valence-electron chi connectivity index (χ2n) is 4.47. The van der Waals surface area contributed by atoms with Crippen LogP contribution in [-0.2, 0) is 19.6 Å². The van der Waals surface area contributed by atoms with E-state index in [2.05, 4.69) is 30.8 Å². The van der Waals surface area contributed by atoms with Crippen molar-refractivity contribution in [3.05, 3.63) is 42.1 Å². The van der Waals surface area contributed by atoms with Crippen molar-refractivity contribution in [1.82, 2.24) is 19.9 Å². The Morgan fingerprint density at radius 2 is 2.22 bits per heavy atom. The molecule has 0 saturated carbocycles. The second kappa shape index (κ2) is 4.78. The van der Waals surface area contributed by atoms with E-state index in [1.165, 1.54) is 5.56 Å². The van der Waals surface area contributed by atoms with Gasteiger partial charge in [0.2, 0.25) is 0 Å². The number of hydrogen-bond acceptors (Lipinski definition) is 4. The van der Waals surface area contributed by atoms with Gasteiger partial charge in [-0.05, 0) is 13.1 Å². The Morgan fingerprint density at radius 3 is 3.11 bits per heavy atom. The Balaban J connectivity index is 1.88. The Morgan fingerprint density at radius 1 is 1.28 bits per heavy atom. The van der Waals surface area contributed by atoms with E-state index in [0.29, 0.717) is 0 Å². The topological polar surface area (TPSA) is 46.0 Å². The van der Waals surface area contributed by atoms with Crippen LogP contribution >= 0.6 is 0 Å². The number of nitrogens with zero attached hydrogens (tertiary/aromatic N) is 4. The van der Waals surface area contributed by atoms with Crippen LogP contribution in [-0.4, -0.2) is 28.1 Å². The Labute approximate surface area is 106 Å². The summed E-state index contributed by atoms with van der Waals surface area (Å²) in [7, 11) is 1.96. The van der Waals surface area contributed by atoms with E-state index in [0.717, 1.165) is 37.8 Å². The standard InChI is InChI=1S/C13H17N5/c1-14-9-11-3-2-4-16-13(11)18-8-7-17-6-5-15-12(17)10-18/h2-6,14H,7-10H2,1H3. The lowest BCUT2D eigenvalue weighted by Gasteiger charge is -2.30. The quantitative estimate of drug-likeness (QED) is 0.874. The van der Waals surface area contributed by atoms with Gasteiger partial charge in [0.15, 0.2) is 0 Å². The molecule has 2 aromatic rings. The summed E-state index contributed by atoms with van der Waals surface area (Å²) in [5.74, 6) is 2.18. The van der Waals surface area contributed by atoms with Crippen molar-refractivity contribution in [2.45, 2.75) is 19.6 Å². The van der Waals surface area contributed by atoms with Crippen LogP contribution in [0.4, 0.5) is 5.82 Å². The first-order chi connectivity index (χ1) is 8.88. The molecular formula is C13H17N5. The minimum absolute atomic E-state index is 0.834. The number of aromatic nitrogens is 3.